The number of hydrogen-bond donors (Lipinski definition) is 3. The zero-order valence-corrected chi connectivity index (χ0v) is 11.7. The van der Waals surface area contributed by atoms with Crippen LogP contribution in [0.3, 0.4) is 0 Å². The van der Waals surface area contributed by atoms with Crippen LogP contribution in [0, 0.1) is 11.8 Å². The monoisotopic (exact) mass is 282 g/mol. The molecule has 1 aliphatic rings. The predicted octanol–water partition coefficient (Wildman–Crippen LogP) is 2.19. The van der Waals surface area contributed by atoms with Crippen molar-refractivity contribution in [3.05, 3.63) is 22.8 Å². The number of hydrogen-bond acceptors (Lipinski definition) is 4. The van der Waals surface area contributed by atoms with E-state index < -0.39 is 0 Å². The fourth-order valence-corrected chi connectivity index (χ4v) is 2.74. The number of halogens is 1. The molecule has 2 rings (SSSR count). The second kappa shape index (κ2) is 6.21. The Morgan fingerprint density at radius 2 is 2.37 bits per heavy atom. The summed E-state index contributed by atoms with van der Waals surface area (Å²) in [4.78, 5) is 16.0. The number of carbonyl (C=O) groups excluding carboxylic acids is 1. The second-order valence-corrected chi connectivity index (χ2v) is 5.60. The van der Waals surface area contributed by atoms with Gasteiger partial charge in [-0.05, 0) is 30.7 Å². The molecule has 0 radical (unpaired) electrons. The molecule has 1 fully saturated rings. The van der Waals surface area contributed by atoms with Crippen LogP contribution in [0.15, 0.2) is 12.3 Å². The van der Waals surface area contributed by atoms with Gasteiger partial charge in [-0.15, -0.1) is 0 Å². The van der Waals surface area contributed by atoms with Gasteiger partial charge in [-0.25, -0.2) is 10.8 Å². The van der Waals surface area contributed by atoms with Gasteiger partial charge < -0.3 is 10.7 Å². The van der Waals surface area contributed by atoms with Gasteiger partial charge in [0.15, 0.2) is 5.82 Å². The fourth-order valence-electron chi connectivity index (χ4n) is 2.52. The normalized spacial score (nSPS) is 22.3. The van der Waals surface area contributed by atoms with Crippen molar-refractivity contribution in [2.75, 3.05) is 12.0 Å². The van der Waals surface area contributed by atoms with Gasteiger partial charge in [0.1, 0.15) is 0 Å². The number of anilines is 1. The molecule has 1 aromatic rings. The van der Waals surface area contributed by atoms with Crippen LogP contribution in [-0.4, -0.2) is 17.4 Å². The zero-order valence-electron chi connectivity index (χ0n) is 10.9. The Balaban J connectivity index is 1.91. The number of nitrogens with two attached hydrogens (primary N) is 1. The summed E-state index contributed by atoms with van der Waals surface area (Å²) in [7, 11) is 0. The minimum atomic E-state index is -0.141. The average Bonchev–Trinajstić information content (AvgIpc) is 2.81. The van der Waals surface area contributed by atoms with Gasteiger partial charge in [-0.2, -0.15) is 0 Å². The van der Waals surface area contributed by atoms with Gasteiger partial charge >= 0.3 is 0 Å². The molecule has 1 aromatic heterocycles. The van der Waals surface area contributed by atoms with Crippen molar-refractivity contribution in [3.8, 4) is 0 Å². The van der Waals surface area contributed by atoms with Gasteiger partial charge in [0.2, 0.25) is 0 Å². The van der Waals surface area contributed by atoms with Crippen LogP contribution in [0.25, 0.3) is 0 Å². The Morgan fingerprint density at radius 3 is 2.95 bits per heavy atom. The Kier molecular flexibility index (Phi) is 4.61. The summed E-state index contributed by atoms with van der Waals surface area (Å²) < 4.78 is 0. The number of nitrogens with zero attached hydrogens (tertiary/aromatic N) is 1. The maximum atomic E-state index is 12.0. The lowest BCUT2D eigenvalue weighted by Crippen LogP contribution is -2.28. The van der Waals surface area contributed by atoms with Gasteiger partial charge in [-0.1, -0.05) is 24.9 Å². The number of nitrogen functional groups attached to an aromatic ring is 1. The third-order valence-electron chi connectivity index (χ3n) is 3.59. The smallest absolute Gasteiger partial charge is 0.252 e. The molecule has 0 aromatic carbocycles. The van der Waals surface area contributed by atoms with Gasteiger partial charge in [-0.3, -0.25) is 4.79 Å². The molecule has 2 unspecified atom stereocenters. The molecular formula is C13H19ClN4O. The van der Waals surface area contributed by atoms with Crippen LogP contribution in [0.4, 0.5) is 5.82 Å². The highest BCUT2D eigenvalue weighted by molar-refractivity contribution is 6.33. The maximum absolute atomic E-state index is 12.0. The number of nitrogens with one attached hydrogen (secondary N) is 2. The van der Waals surface area contributed by atoms with Crippen molar-refractivity contribution in [1.29, 1.82) is 0 Å². The van der Waals surface area contributed by atoms with Crippen LogP contribution in [0.1, 0.15) is 36.5 Å². The SMILES string of the molecule is CC1CCC(CNC(=O)c2cnc(NN)c(Cl)c2)C1. The molecule has 19 heavy (non-hydrogen) atoms. The molecule has 1 amide bonds. The first-order chi connectivity index (χ1) is 9.10. The van der Waals surface area contributed by atoms with Gasteiger partial charge in [0.25, 0.3) is 5.91 Å². The second-order valence-electron chi connectivity index (χ2n) is 5.19. The molecule has 104 valence electrons. The topological polar surface area (TPSA) is 80.0 Å². The van der Waals surface area contributed by atoms with Crippen molar-refractivity contribution in [1.82, 2.24) is 10.3 Å². The summed E-state index contributed by atoms with van der Waals surface area (Å²) in [5.41, 5.74) is 2.82. The Hall–Kier alpha value is -1.33. The largest absolute Gasteiger partial charge is 0.352 e. The van der Waals surface area contributed by atoms with E-state index in [2.05, 4.69) is 22.7 Å². The molecule has 1 aliphatic carbocycles. The molecule has 0 spiro atoms. The lowest BCUT2D eigenvalue weighted by atomic mass is 10.1. The first-order valence-electron chi connectivity index (χ1n) is 6.50. The van der Waals surface area contributed by atoms with Gasteiger partial charge in [0.05, 0.1) is 10.6 Å². The van der Waals surface area contributed by atoms with Crippen molar-refractivity contribution in [2.24, 2.45) is 17.7 Å². The van der Waals surface area contributed by atoms with Crippen LogP contribution in [0.5, 0.6) is 0 Å². The molecule has 1 heterocycles. The number of rotatable bonds is 4. The van der Waals surface area contributed by atoms with E-state index in [4.69, 9.17) is 17.4 Å². The van der Waals surface area contributed by atoms with Crippen molar-refractivity contribution in [3.63, 3.8) is 0 Å². The van der Waals surface area contributed by atoms with Crippen molar-refractivity contribution in [2.45, 2.75) is 26.2 Å². The number of pyridine rings is 1. The molecule has 0 bridgehead atoms. The molecule has 0 aliphatic heterocycles. The third-order valence-corrected chi connectivity index (χ3v) is 3.88. The quantitative estimate of drug-likeness (QED) is 0.584. The van der Waals surface area contributed by atoms with E-state index >= 15 is 0 Å². The van der Waals surface area contributed by atoms with Crippen molar-refractivity contribution < 1.29 is 4.79 Å². The van der Waals surface area contributed by atoms with Crippen LogP contribution < -0.4 is 16.6 Å². The van der Waals surface area contributed by atoms with E-state index in [9.17, 15) is 4.79 Å². The molecule has 1 saturated carbocycles. The van der Waals surface area contributed by atoms with E-state index in [1.807, 2.05) is 0 Å². The van der Waals surface area contributed by atoms with E-state index in [-0.39, 0.29) is 5.91 Å². The predicted molar refractivity (Wildman–Crippen MR) is 75.9 cm³/mol. The average molecular weight is 283 g/mol. The highest BCUT2D eigenvalue weighted by Crippen LogP contribution is 2.29. The molecule has 0 saturated heterocycles. The summed E-state index contributed by atoms with van der Waals surface area (Å²) in [5, 5.41) is 3.27. The highest BCUT2D eigenvalue weighted by atomic mass is 35.5. The van der Waals surface area contributed by atoms with E-state index in [1.54, 1.807) is 6.07 Å². The highest BCUT2D eigenvalue weighted by Gasteiger charge is 2.21. The molecule has 4 N–H and O–H groups in total. The molecular weight excluding hydrogens is 264 g/mol. The van der Waals surface area contributed by atoms with Crippen LogP contribution in [0.2, 0.25) is 5.02 Å². The summed E-state index contributed by atoms with van der Waals surface area (Å²) in [6, 6.07) is 1.57. The van der Waals surface area contributed by atoms with Crippen LogP contribution >= 0.6 is 11.6 Å². The minimum Gasteiger partial charge on any atom is -0.352 e. The third kappa shape index (κ3) is 3.58. The first-order valence-corrected chi connectivity index (χ1v) is 6.88. The molecule has 2 atom stereocenters. The fraction of sp³-hybridized carbons (Fsp3) is 0.538. The van der Waals surface area contributed by atoms with Crippen LogP contribution in [-0.2, 0) is 0 Å². The Bertz CT molecular complexity index is 466. The number of aromatic nitrogens is 1. The molecule has 6 heteroatoms. The zero-order chi connectivity index (χ0) is 13.8. The minimum absolute atomic E-state index is 0.141. The Labute approximate surface area is 117 Å². The lowest BCUT2D eigenvalue weighted by Gasteiger charge is -2.11. The lowest BCUT2D eigenvalue weighted by molar-refractivity contribution is 0.0947. The van der Waals surface area contributed by atoms with E-state index in [0.717, 1.165) is 12.5 Å². The summed E-state index contributed by atoms with van der Waals surface area (Å²) in [6.07, 6.45) is 5.10. The van der Waals surface area contributed by atoms with Gasteiger partial charge in [0, 0.05) is 12.7 Å². The van der Waals surface area contributed by atoms with E-state index in [1.165, 1.54) is 25.5 Å². The standard InChI is InChI=1S/C13H19ClN4O/c1-8-2-3-9(4-8)6-17-13(19)10-5-11(14)12(18-15)16-7-10/h5,7-9H,2-4,6,15H2,1H3,(H,16,18)(H,17,19). The Morgan fingerprint density at radius 1 is 1.58 bits per heavy atom. The molecule has 5 nitrogen and oxygen atoms in total. The number of hydrazine groups is 1. The van der Waals surface area contributed by atoms with E-state index in [0.29, 0.717) is 22.3 Å². The summed E-state index contributed by atoms with van der Waals surface area (Å²) in [6.45, 7) is 2.97. The summed E-state index contributed by atoms with van der Waals surface area (Å²) >= 11 is 5.93. The summed E-state index contributed by atoms with van der Waals surface area (Å²) in [5.74, 6) is 6.82. The van der Waals surface area contributed by atoms with Crippen molar-refractivity contribution >= 4 is 23.3 Å². The maximum Gasteiger partial charge on any atom is 0.252 e. The first kappa shape index (κ1) is 14.1. The number of carbonyl (C=O) groups is 1. The number of amides is 1.